The minimum atomic E-state index is -0.398. The van der Waals surface area contributed by atoms with E-state index in [9.17, 15) is 4.79 Å². The molecule has 0 saturated carbocycles. The van der Waals surface area contributed by atoms with Crippen LogP contribution < -0.4 is 10.2 Å². The molecular weight excluding hydrogens is 234 g/mol. The number of nitrogens with zero attached hydrogens (tertiary/aromatic N) is 2. The maximum atomic E-state index is 11.1. The van der Waals surface area contributed by atoms with Gasteiger partial charge in [-0.05, 0) is 18.1 Å². The average Bonchev–Trinajstić information content (AvgIpc) is 2.87. The highest BCUT2D eigenvalue weighted by atomic mass is 16.5. The van der Waals surface area contributed by atoms with Crippen LogP contribution in [0.15, 0.2) is 18.3 Å². The first kappa shape index (κ1) is 12.6. The highest BCUT2D eigenvalue weighted by molar-refractivity contribution is 5.67. The second kappa shape index (κ2) is 5.68. The lowest BCUT2D eigenvalue weighted by Gasteiger charge is -2.17. The number of amides is 1. The molecule has 98 valence electrons. The van der Waals surface area contributed by atoms with E-state index in [1.165, 1.54) is 7.11 Å². The summed E-state index contributed by atoms with van der Waals surface area (Å²) in [7, 11) is 1.36. The monoisotopic (exact) mass is 251 g/mol. The summed E-state index contributed by atoms with van der Waals surface area (Å²) >= 11 is 0. The lowest BCUT2D eigenvalue weighted by molar-refractivity contribution is 0.167. The molecule has 1 saturated heterocycles. The van der Waals surface area contributed by atoms with Crippen LogP contribution in [0.4, 0.5) is 10.6 Å². The Morgan fingerprint density at radius 1 is 1.67 bits per heavy atom. The fraction of sp³-hybridized carbons (Fsp3) is 0.500. The number of hydrogen-bond acceptors (Lipinski definition) is 5. The number of methoxy groups -OCH3 is 1. The second-order valence-corrected chi connectivity index (χ2v) is 4.25. The summed E-state index contributed by atoms with van der Waals surface area (Å²) in [6.45, 7) is 1.57. The predicted octanol–water partition coefficient (Wildman–Crippen LogP) is 0.509. The molecule has 0 bridgehead atoms. The molecule has 1 aliphatic heterocycles. The number of carbonyl (C=O) groups excluding carboxylic acids is 1. The van der Waals surface area contributed by atoms with Gasteiger partial charge < -0.3 is 20.1 Å². The molecule has 1 fully saturated rings. The summed E-state index contributed by atoms with van der Waals surface area (Å²) in [5.74, 6) is 0.862. The first-order valence-electron chi connectivity index (χ1n) is 5.88. The number of carbonyl (C=O) groups is 1. The van der Waals surface area contributed by atoms with Gasteiger partial charge in [0.15, 0.2) is 0 Å². The van der Waals surface area contributed by atoms with E-state index in [1.54, 1.807) is 6.20 Å². The zero-order valence-electron chi connectivity index (χ0n) is 10.3. The highest BCUT2D eigenvalue weighted by Gasteiger charge is 2.24. The smallest absolute Gasteiger partial charge is 0.407 e. The molecule has 2 heterocycles. The molecule has 0 aliphatic carbocycles. The number of nitrogens with one attached hydrogen (secondary N) is 1. The molecule has 18 heavy (non-hydrogen) atoms. The van der Waals surface area contributed by atoms with Crippen molar-refractivity contribution in [2.45, 2.75) is 19.1 Å². The van der Waals surface area contributed by atoms with Gasteiger partial charge in [0.25, 0.3) is 0 Å². The fourth-order valence-electron chi connectivity index (χ4n) is 2.01. The number of ether oxygens (including phenoxy) is 1. The Kier molecular flexibility index (Phi) is 3.99. The number of aliphatic hydroxyl groups excluding tert-OH is 1. The Hall–Kier alpha value is -1.82. The maximum Gasteiger partial charge on any atom is 0.407 e. The zero-order valence-corrected chi connectivity index (χ0v) is 10.3. The van der Waals surface area contributed by atoms with Crippen LogP contribution in [-0.2, 0) is 11.3 Å². The SMILES string of the molecule is COC(=O)NC1CCN(c2ccc(CO)cn2)C1. The van der Waals surface area contributed by atoms with E-state index in [1.807, 2.05) is 12.1 Å². The van der Waals surface area contributed by atoms with E-state index in [0.29, 0.717) is 0 Å². The minimum absolute atomic E-state index is 0.000197. The maximum absolute atomic E-state index is 11.1. The molecule has 2 N–H and O–H groups in total. The van der Waals surface area contributed by atoms with Gasteiger partial charge in [0, 0.05) is 19.3 Å². The number of aromatic nitrogens is 1. The zero-order chi connectivity index (χ0) is 13.0. The van der Waals surface area contributed by atoms with E-state index in [4.69, 9.17) is 5.11 Å². The number of hydrogen-bond donors (Lipinski definition) is 2. The molecule has 1 aliphatic rings. The van der Waals surface area contributed by atoms with Crippen LogP contribution in [0, 0.1) is 0 Å². The number of pyridine rings is 1. The first-order valence-corrected chi connectivity index (χ1v) is 5.88. The van der Waals surface area contributed by atoms with Crippen LogP contribution in [0.3, 0.4) is 0 Å². The molecule has 1 amide bonds. The Bertz CT molecular complexity index is 408. The third kappa shape index (κ3) is 2.89. The molecule has 0 aromatic carbocycles. The van der Waals surface area contributed by atoms with E-state index in [-0.39, 0.29) is 12.6 Å². The molecule has 0 radical (unpaired) electrons. The lowest BCUT2D eigenvalue weighted by Crippen LogP contribution is -2.37. The summed E-state index contributed by atoms with van der Waals surface area (Å²) in [6.07, 6.45) is 2.14. The average molecular weight is 251 g/mol. The van der Waals surface area contributed by atoms with Crippen LogP contribution >= 0.6 is 0 Å². The summed E-state index contributed by atoms with van der Waals surface area (Å²) in [5, 5.41) is 11.7. The van der Waals surface area contributed by atoms with Gasteiger partial charge in [-0.1, -0.05) is 6.07 Å². The van der Waals surface area contributed by atoms with Gasteiger partial charge in [-0.25, -0.2) is 9.78 Å². The third-order valence-corrected chi connectivity index (χ3v) is 3.01. The number of aliphatic hydroxyl groups is 1. The number of alkyl carbamates (subject to hydrolysis) is 1. The Morgan fingerprint density at radius 3 is 3.11 bits per heavy atom. The molecule has 1 unspecified atom stereocenters. The standard InChI is InChI=1S/C12H17N3O3/c1-18-12(17)14-10-4-5-15(7-10)11-3-2-9(8-16)6-13-11/h2-3,6,10,16H,4-5,7-8H2,1H3,(H,14,17). The van der Waals surface area contributed by atoms with Crippen LogP contribution in [-0.4, -0.2) is 42.4 Å². The van der Waals surface area contributed by atoms with Gasteiger partial charge in [-0.15, -0.1) is 0 Å². The van der Waals surface area contributed by atoms with Gasteiger partial charge in [0.2, 0.25) is 0 Å². The lowest BCUT2D eigenvalue weighted by atomic mass is 10.3. The van der Waals surface area contributed by atoms with Gasteiger partial charge >= 0.3 is 6.09 Å². The third-order valence-electron chi connectivity index (χ3n) is 3.01. The summed E-state index contributed by atoms with van der Waals surface area (Å²) in [5.41, 5.74) is 0.794. The van der Waals surface area contributed by atoms with Gasteiger partial charge in [-0.3, -0.25) is 0 Å². The van der Waals surface area contributed by atoms with E-state index in [0.717, 1.165) is 30.9 Å². The normalized spacial score (nSPS) is 18.8. The van der Waals surface area contributed by atoms with Crippen LogP contribution in [0.5, 0.6) is 0 Å². The summed E-state index contributed by atoms with van der Waals surface area (Å²) in [6, 6.07) is 3.83. The van der Waals surface area contributed by atoms with Crippen molar-refractivity contribution in [3.8, 4) is 0 Å². The molecular formula is C12H17N3O3. The van der Waals surface area contributed by atoms with Gasteiger partial charge in [0.1, 0.15) is 5.82 Å². The topological polar surface area (TPSA) is 74.7 Å². The molecule has 6 nitrogen and oxygen atoms in total. The minimum Gasteiger partial charge on any atom is -0.453 e. The van der Waals surface area contributed by atoms with Crippen LogP contribution in [0.1, 0.15) is 12.0 Å². The Labute approximate surface area is 106 Å². The molecule has 1 atom stereocenters. The second-order valence-electron chi connectivity index (χ2n) is 4.25. The van der Waals surface area contributed by atoms with Crippen molar-refractivity contribution in [2.75, 3.05) is 25.1 Å². The largest absolute Gasteiger partial charge is 0.453 e. The van der Waals surface area contributed by atoms with E-state index in [2.05, 4.69) is 19.9 Å². The highest BCUT2D eigenvalue weighted by Crippen LogP contribution is 2.18. The Balaban J connectivity index is 1.93. The van der Waals surface area contributed by atoms with Crippen molar-refractivity contribution < 1.29 is 14.6 Å². The van der Waals surface area contributed by atoms with Crippen molar-refractivity contribution in [1.82, 2.24) is 10.3 Å². The van der Waals surface area contributed by atoms with Gasteiger partial charge in [-0.2, -0.15) is 0 Å². The van der Waals surface area contributed by atoms with Crippen LogP contribution in [0.2, 0.25) is 0 Å². The van der Waals surface area contributed by atoms with Crippen molar-refractivity contribution >= 4 is 11.9 Å². The first-order chi connectivity index (χ1) is 8.72. The van der Waals surface area contributed by atoms with Crippen LogP contribution in [0.25, 0.3) is 0 Å². The molecule has 1 aromatic rings. The quantitative estimate of drug-likeness (QED) is 0.818. The molecule has 6 heteroatoms. The predicted molar refractivity (Wildman–Crippen MR) is 66.3 cm³/mol. The molecule has 1 aromatic heterocycles. The summed E-state index contributed by atoms with van der Waals surface area (Å²) in [4.78, 5) is 17.5. The number of rotatable bonds is 3. The molecule has 0 spiro atoms. The van der Waals surface area contributed by atoms with Gasteiger partial charge in [0.05, 0.1) is 19.8 Å². The van der Waals surface area contributed by atoms with E-state index < -0.39 is 6.09 Å². The van der Waals surface area contributed by atoms with Crippen molar-refractivity contribution in [1.29, 1.82) is 0 Å². The fourth-order valence-corrected chi connectivity index (χ4v) is 2.01. The van der Waals surface area contributed by atoms with Crippen molar-refractivity contribution in [3.63, 3.8) is 0 Å². The van der Waals surface area contributed by atoms with E-state index >= 15 is 0 Å². The molecule has 2 rings (SSSR count). The summed E-state index contributed by atoms with van der Waals surface area (Å²) < 4.78 is 4.57. The van der Waals surface area contributed by atoms with Crippen molar-refractivity contribution in [2.24, 2.45) is 0 Å². The van der Waals surface area contributed by atoms with Crippen molar-refractivity contribution in [3.05, 3.63) is 23.9 Å². The Morgan fingerprint density at radius 2 is 2.50 bits per heavy atom. The number of anilines is 1.